The summed E-state index contributed by atoms with van der Waals surface area (Å²) < 4.78 is 13.8. The minimum atomic E-state index is -0.243. The van der Waals surface area contributed by atoms with Gasteiger partial charge in [0.05, 0.1) is 11.9 Å². The number of imidazole rings is 1. The number of benzene rings is 1. The second-order valence-corrected chi connectivity index (χ2v) is 5.79. The second kappa shape index (κ2) is 5.43. The Balaban J connectivity index is 1.80. The molecule has 1 aliphatic heterocycles. The van der Waals surface area contributed by atoms with Gasteiger partial charge in [0.15, 0.2) is 0 Å². The molecule has 2 N–H and O–H groups in total. The Hall–Kier alpha value is -1.20. The Labute approximate surface area is 119 Å². The van der Waals surface area contributed by atoms with E-state index < -0.39 is 0 Å². The maximum atomic E-state index is 13.1. The van der Waals surface area contributed by atoms with E-state index in [9.17, 15) is 4.39 Å². The number of aromatic amines is 1. The smallest absolute Gasteiger partial charge is 0.124 e. The zero-order chi connectivity index (χ0) is 13.2. The minimum Gasteiger partial charge on any atom is -0.342 e. The normalized spacial score (nSPS) is 18.9. The number of nitrogens with zero attached hydrogens (tertiary/aromatic N) is 1. The van der Waals surface area contributed by atoms with Crippen molar-refractivity contribution in [3.05, 3.63) is 40.5 Å². The molecular weight excluding hydrogens is 309 g/mol. The third kappa shape index (κ3) is 2.87. The molecule has 5 heteroatoms. The van der Waals surface area contributed by atoms with E-state index in [0.29, 0.717) is 5.92 Å². The third-order valence-electron chi connectivity index (χ3n) is 3.49. The molecule has 19 heavy (non-hydrogen) atoms. The van der Waals surface area contributed by atoms with Crippen LogP contribution < -0.4 is 5.32 Å². The number of hydrogen-bond donors (Lipinski definition) is 2. The number of aromatic nitrogens is 2. The standard InChI is InChI=1S/C14H15BrFN3/c15-12-6-10(16)1-2-11(12)13-8-18-14(19-13)5-9-3-4-17-7-9/h1-2,6,8-9,17H,3-5,7H2,(H,18,19). The van der Waals surface area contributed by atoms with Gasteiger partial charge >= 0.3 is 0 Å². The summed E-state index contributed by atoms with van der Waals surface area (Å²) in [4.78, 5) is 7.75. The van der Waals surface area contributed by atoms with Crippen molar-refractivity contribution in [3.8, 4) is 11.3 Å². The van der Waals surface area contributed by atoms with Crippen LogP contribution in [0.4, 0.5) is 4.39 Å². The molecule has 0 spiro atoms. The molecule has 1 aliphatic rings. The first-order chi connectivity index (χ1) is 9.22. The average Bonchev–Trinajstić information content (AvgIpc) is 3.01. The van der Waals surface area contributed by atoms with Crippen molar-refractivity contribution in [1.82, 2.24) is 15.3 Å². The van der Waals surface area contributed by atoms with E-state index in [1.54, 1.807) is 6.07 Å². The highest BCUT2D eigenvalue weighted by molar-refractivity contribution is 9.10. The molecule has 0 saturated carbocycles. The summed E-state index contributed by atoms with van der Waals surface area (Å²) in [5.41, 5.74) is 1.86. The van der Waals surface area contributed by atoms with Crippen molar-refractivity contribution in [3.63, 3.8) is 0 Å². The van der Waals surface area contributed by atoms with Gasteiger partial charge in [0.25, 0.3) is 0 Å². The molecule has 3 nitrogen and oxygen atoms in total. The first-order valence-corrected chi connectivity index (χ1v) is 7.21. The predicted octanol–water partition coefficient (Wildman–Crippen LogP) is 3.13. The van der Waals surface area contributed by atoms with Gasteiger partial charge in [-0.05, 0) is 59.6 Å². The van der Waals surface area contributed by atoms with E-state index in [2.05, 4.69) is 31.2 Å². The van der Waals surface area contributed by atoms with Crippen molar-refractivity contribution in [1.29, 1.82) is 0 Å². The molecule has 100 valence electrons. The van der Waals surface area contributed by atoms with Gasteiger partial charge in [-0.2, -0.15) is 0 Å². The van der Waals surface area contributed by atoms with Gasteiger partial charge in [-0.15, -0.1) is 0 Å². The number of halogens is 2. The van der Waals surface area contributed by atoms with Crippen LogP contribution in [-0.2, 0) is 6.42 Å². The topological polar surface area (TPSA) is 40.7 Å². The van der Waals surface area contributed by atoms with Crippen LogP contribution in [0.25, 0.3) is 11.3 Å². The van der Waals surface area contributed by atoms with Crippen LogP contribution in [0.2, 0.25) is 0 Å². The summed E-state index contributed by atoms with van der Waals surface area (Å²) in [6, 6.07) is 4.69. The Morgan fingerprint density at radius 1 is 1.42 bits per heavy atom. The number of nitrogens with one attached hydrogen (secondary N) is 2. The van der Waals surface area contributed by atoms with Gasteiger partial charge in [0, 0.05) is 16.5 Å². The maximum absolute atomic E-state index is 13.1. The second-order valence-electron chi connectivity index (χ2n) is 4.93. The zero-order valence-electron chi connectivity index (χ0n) is 10.4. The van der Waals surface area contributed by atoms with E-state index >= 15 is 0 Å². The summed E-state index contributed by atoms with van der Waals surface area (Å²) in [6.45, 7) is 2.16. The van der Waals surface area contributed by atoms with E-state index in [-0.39, 0.29) is 5.82 Å². The summed E-state index contributed by atoms with van der Waals surface area (Å²) in [5, 5.41) is 3.36. The highest BCUT2D eigenvalue weighted by Crippen LogP contribution is 2.28. The predicted molar refractivity (Wildman–Crippen MR) is 76.4 cm³/mol. The van der Waals surface area contributed by atoms with Crippen LogP contribution >= 0.6 is 15.9 Å². The molecule has 0 bridgehead atoms. The Bertz CT molecular complexity index is 576. The minimum absolute atomic E-state index is 0.243. The third-order valence-corrected chi connectivity index (χ3v) is 4.15. The fraction of sp³-hybridized carbons (Fsp3) is 0.357. The first-order valence-electron chi connectivity index (χ1n) is 6.42. The lowest BCUT2D eigenvalue weighted by atomic mass is 10.1. The Morgan fingerprint density at radius 2 is 2.32 bits per heavy atom. The number of rotatable bonds is 3. The van der Waals surface area contributed by atoms with E-state index in [1.165, 1.54) is 18.6 Å². The molecule has 0 radical (unpaired) electrons. The molecule has 1 atom stereocenters. The van der Waals surface area contributed by atoms with Gasteiger partial charge in [-0.25, -0.2) is 9.37 Å². The molecule has 1 saturated heterocycles. The van der Waals surface area contributed by atoms with Gasteiger partial charge in [0.1, 0.15) is 11.6 Å². The fourth-order valence-corrected chi connectivity index (χ4v) is 3.04. The van der Waals surface area contributed by atoms with Gasteiger partial charge < -0.3 is 10.3 Å². The first kappa shape index (κ1) is 12.8. The van der Waals surface area contributed by atoms with Crippen LogP contribution in [0.15, 0.2) is 28.9 Å². The summed E-state index contributed by atoms with van der Waals surface area (Å²) in [7, 11) is 0. The van der Waals surface area contributed by atoms with Crippen molar-refractivity contribution >= 4 is 15.9 Å². The van der Waals surface area contributed by atoms with Crippen LogP contribution in [0.5, 0.6) is 0 Å². The SMILES string of the molecule is Fc1ccc(-c2cnc(CC3CCNC3)[nH]2)c(Br)c1. The van der Waals surface area contributed by atoms with E-state index in [4.69, 9.17) is 0 Å². The molecule has 1 aromatic heterocycles. The molecule has 1 aromatic carbocycles. The Kier molecular flexibility index (Phi) is 3.66. The van der Waals surface area contributed by atoms with Crippen LogP contribution in [0, 0.1) is 11.7 Å². The van der Waals surface area contributed by atoms with Crippen LogP contribution in [0.1, 0.15) is 12.2 Å². The van der Waals surface area contributed by atoms with Crippen molar-refractivity contribution in [2.24, 2.45) is 5.92 Å². The zero-order valence-corrected chi connectivity index (χ0v) is 12.0. The quantitative estimate of drug-likeness (QED) is 0.911. The van der Waals surface area contributed by atoms with Crippen molar-refractivity contribution in [2.45, 2.75) is 12.8 Å². The molecule has 1 unspecified atom stereocenters. The highest BCUT2D eigenvalue weighted by atomic mass is 79.9. The fourth-order valence-electron chi connectivity index (χ4n) is 2.47. The maximum Gasteiger partial charge on any atom is 0.124 e. The Morgan fingerprint density at radius 3 is 3.05 bits per heavy atom. The summed E-state index contributed by atoms with van der Waals surface area (Å²) >= 11 is 3.38. The van der Waals surface area contributed by atoms with Crippen LogP contribution in [0.3, 0.4) is 0 Å². The summed E-state index contributed by atoms with van der Waals surface area (Å²) in [5.74, 6) is 1.42. The van der Waals surface area contributed by atoms with E-state index in [0.717, 1.165) is 41.1 Å². The van der Waals surface area contributed by atoms with Gasteiger partial charge in [-0.3, -0.25) is 0 Å². The lowest BCUT2D eigenvalue weighted by Gasteiger charge is -2.05. The van der Waals surface area contributed by atoms with Gasteiger partial charge in [0.2, 0.25) is 0 Å². The molecule has 1 fully saturated rings. The largest absolute Gasteiger partial charge is 0.342 e. The van der Waals surface area contributed by atoms with Gasteiger partial charge in [-0.1, -0.05) is 0 Å². The molecular formula is C14H15BrFN3. The molecule has 2 heterocycles. The van der Waals surface area contributed by atoms with Crippen LogP contribution in [-0.4, -0.2) is 23.1 Å². The summed E-state index contributed by atoms with van der Waals surface area (Å²) in [6.07, 6.45) is 3.98. The monoisotopic (exact) mass is 323 g/mol. The lowest BCUT2D eigenvalue weighted by Crippen LogP contribution is -2.11. The number of H-pyrrole nitrogens is 1. The average molecular weight is 324 g/mol. The van der Waals surface area contributed by atoms with Crippen molar-refractivity contribution < 1.29 is 4.39 Å². The molecule has 2 aromatic rings. The number of hydrogen-bond acceptors (Lipinski definition) is 2. The molecule has 0 amide bonds. The van der Waals surface area contributed by atoms with E-state index in [1.807, 2.05) is 6.20 Å². The van der Waals surface area contributed by atoms with Crippen molar-refractivity contribution in [2.75, 3.05) is 13.1 Å². The molecule has 0 aliphatic carbocycles. The highest BCUT2D eigenvalue weighted by Gasteiger charge is 2.17. The lowest BCUT2D eigenvalue weighted by molar-refractivity contribution is 0.565. The molecule has 3 rings (SSSR count).